The minimum absolute atomic E-state index is 0.251. The zero-order chi connectivity index (χ0) is 40.3. The average Bonchev–Trinajstić information content (AvgIpc) is 3.20. The van der Waals surface area contributed by atoms with Gasteiger partial charge < -0.3 is 27.1 Å². The molecule has 0 N–H and O–H groups in total. The molecule has 8 heteroatoms. The summed E-state index contributed by atoms with van der Waals surface area (Å²) in [5, 5.41) is 0. The van der Waals surface area contributed by atoms with Crippen molar-refractivity contribution in [3.8, 4) is 34.5 Å². The Morgan fingerprint density at radius 2 is 0.509 bits per heavy atom. The highest BCUT2D eigenvalue weighted by atomic mass is 31.2. The van der Waals surface area contributed by atoms with Gasteiger partial charge in [0.1, 0.15) is 34.5 Å². The van der Waals surface area contributed by atoms with E-state index in [-0.39, 0.29) is 23.7 Å². The minimum atomic E-state index is -1.93. The van der Waals surface area contributed by atoms with E-state index in [9.17, 15) is 0 Å². The Morgan fingerprint density at radius 1 is 0.298 bits per heavy atom. The Morgan fingerprint density at radius 3 is 0.772 bits per heavy atom. The quantitative estimate of drug-likeness (QED) is 0.0807. The van der Waals surface area contributed by atoms with Crippen molar-refractivity contribution < 1.29 is 27.1 Å². The zero-order valence-corrected chi connectivity index (χ0v) is 36.0. The number of hydrogen-bond acceptors (Lipinski definition) is 6. The molecular weight excluding hydrogens is 746 g/mol. The fourth-order valence-corrected chi connectivity index (χ4v) is 8.65. The number of hydrogen-bond donors (Lipinski definition) is 0. The van der Waals surface area contributed by atoms with E-state index in [0.717, 1.165) is 56.4 Å². The maximum absolute atomic E-state index is 6.78. The molecular formula is C49H54O6P2. The van der Waals surface area contributed by atoms with Crippen molar-refractivity contribution in [3.05, 3.63) is 179 Å². The number of benzene rings is 6. The van der Waals surface area contributed by atoms with Crippen LogP contribution >= 0.6 is 17.2 Å². The molecule has 0 spiro atoms. The Kier molecular flexibility index (Phi) is 14.5. The van der Waals surface area contributed by atoms with Crippen LogP contribution in [0.1, 0.15) is 112 Å². The first-order valence-corrected chi connectivity index (χ1v) is 22.0. The van der Waals surface area contributed by atoms with Crippen molar-refractivity contribution in [2.45, 2.75) is 85.5 Å². The van der Waals surface area contributed by atoms with Gasteiger partial charge in [0.25, 0.3) is 0 Å². The molecule has 0 saturated heterocycles. The van der Waals surface area contributed by atoms with Crippen LogP contribution in [0.2, 0.25) is 0 Å². The molecule has 0 heterocycles. The van der Waals surface area contributed by atoms with Crippen LogP contribution in [-0.4, -0.2) is 0 Å². The van der Waals surface area contributed by atoms with E-state index in [0.29, 0.717) is 17.9 Å². The van der Waals surface area contributed by atoms with Gasteiger partial charge in [-0.3, -0.25) is 0 Å². The lowest BCUT2D eigenvalue weighted by Crippen LogP contribution is -2.08. The Bertz CT molecular complexity index is 1940. The second-order valence-corrected chi connectivity index (χ2v) is 17.1. The molecule has 57 heavy (non-hydrogen) atoms. The molecule has 0 amide bonds. The molecule has 0 saturated carbocycles. The van der Waals surface area contributed by atoms with Gasteiger partial charge in [0.15, 0.2) is 0 Å². The third-order valence-corrected chi connectivity index (χ3v) is 11.6. The molecule has 0 aromatic heterocycles. The standard InChI is InChI=1S/C49H54O6P2/c1-34(2)40-23-11-17-29-46(40)52-56(53-47-30-18-12-24-41(47)35(3)4)50-44-27-15-9-21-38(44)33-39-22-10-16-28-45(39)51-57(54-48-31-19-13-25-42(48)36(5)6)55-49-32-20-14-26-43(49)37(7)8/h9-32,34-37H,33H2,1-8H3. The Balaban J connectivity index is 1.32. The summed E-state index contributed by atoms with van der Waals surface area (Å²) in [6.07, 6.45) is 0.509. The molecule has 6 nitrogen and oxygen atoms in total. The molecule has 6 aromatic carbocycles. The topological polar surface area (TPSA) is 55.4 Å². The lowest BCUT2D eigenvalue weighted by atomic mass is 10.0. The van der Waals surface area contributed by atoms with Crippen LogP contribution in [0.4, 0.5) is 0 Å². The summed E-state index contributed by atoms with van der Waals surface area (Å²) in [7, 11) is -3.85. The average molecular weight is 801 g/mol. The lowest BCUT2D eigenvalue weighted by Gasteiger charge is -2.24. The summed E-state index contributed by atoms with van der Waals surface area (Å²) < 4.78 is 40.2. The first-order valence-electron chi connectivity index (χ1n) is 19.8. The maximum atomic E-state index is 6.78. The van der Waals surface area contributed by atoms with Crippen LogP contribution in [0.5, 0.6) is 34.5 Å². The summed E-state index contributed by atoms with van der Waals surface area (Å²) in [6.45, 7) is 17.2. The van der Waals surface area contributed by atoms with Crippen molar-refractivity contribution in [3.63, 3.8) is 0 Å². The summed E-state index contributed by atoms with van der Waals surface area (Å²) in [5.41, 5.74) is 6.24. The van der Waals surface area contributed by atoms with Crippen LogP contribution in [0.25, 0.3) is 0 Å². The molecule has 0 fully saturated rings. The molecule has 0 radical (unpaired) electrons. The van der Waals surface area contributed by atoms with E-state index >= 15 is 0 Å². The van der Waals surface area contributed by atoms with E-state index < -0.39 is 17.2 Å². The van der Waals surface area contributed by atoms with Crippen LogP contribution < -0.4 is 27.1 Å². The zero-order valence-electron chi connectivity index (χ0n) is 34.2. The highest BCUT2D eigenvalue weighted by molar-refractivity contribution is 7.43. The normalized spacial score (nSPS) is 11.5. The molecule has 6 rings (SSSR count). The van der Waals surface area contributed by atoms with Crippen LogP contribution in [0.15, 0.2) is 146 Å². The Hall–Kier alpha value is -5.02. The molecule has 0 unspecified atom stereocenters. The van der Waals surface area contributed by atoms with Crippen LogP contribution in [0.3, 0.4) is 0 Å². The molecule has 0 aliphatic rings. The van der Waals surface area contributed by atoms with E-state index in [2.05, 4.69) is 91.8 Å². The fraction of sp³-hybridized carbons (Fsp3) is 0.265. The van der Waals surface area contributed by atoms with Crippen molar-refractivity contribution in [2.24, 2.45) is 0 Å². The van der Waals surface area contributed by atoms with E-state index in [4.69, 9.17) is 27.1 Å². The minimum Gasteiger partial charge on any atom is -0.408 e. The van der Waals surface area contributed by atoms with Gasteiger partial charge in [-0.05, 0) is 93.5 Å². The van der Waals surface area contributed by atoms with E-state index in [1.165, 1.54) is 0 Å². The molecule has 0 bridgehead atoms. The molecule has 0 aliphatic heterocycles. The molecule has 0 atom stereocenters. The van der Waals surface area contributed by atoms with Crippen LogP contribution in [0, 0.1) is 0 Å². The van der Waals surface area contributed by atoms with Crippen molar-refractivity contribution in [2.75, 3.05) is 0 Å². The van der Waals surface area contributed by atoms with Gasteiger partial charge in [-0.15, -0.1) is 0 Å². The van der Waals surface area contributed by atoms with Gasteiger partial charge in [0.2, 0.25) is 0 Å². The lowest BCUT2D eigenvalue weighted by molar-refractivity contribution is 0.381. The van der Waals surface area contributed by atoms with Gasteiger partial charge in [-0.1, -0.05) is 165 Å². The molecule has 6 aromatic rings. The van der Waals surface area contributed by atoms with Crippen molar-refractivity contribution >= 4 is 17.2 Å². The number of para-hydroxylation sites is 6. The highest BCUT2D eigenvalue weighted by Gasteiger charge is 2.27. The van der Waals surface area contributed by atoms with Crippen molar-refractivity contribution in [1.82, 2.24) is 0 Å². The predicted molar refractivity (Wildman–Crippen MR) is 235 cm³/mol. The summed E-state index contributed by atoms with van der Waals surface area (Å²) in [4.78, 5) is 0. The second kappa shape index (κ2) is 19.9. The first kappa shape index (κ1) is 41.6. The van der Waals surface area contributed by atoms with Crippen molar-refractivity contribution in [1.29, 1.82) is 0 Å². The molecule has 296 valence electrons. The largest absolute Gasteiger partial charge is 0.530 e. The third-order valence-electron chi connectivity index (χ3n) is 9.53. The van der Waals surface area contributed by atoms with Crippen LogP contribution in [-0.2, 0) is 6.42 Å². The number of rotatable bonds is 18. The first-order chi connectivity index (χ1) is 27.6. The molecule has 0 aliphatic carbocycles. The van der Waals surface area contributed by atoms with Gasteiger partial charge in [0.05, 0.1) is 0 Å². The summed E-state index contributed by atoms with van der Waals surface area (Å²) in [5.74, 6) is 5.28. The summed E-state index contributed by atoms with van der Waals surface area (Å²) in [6, 6.07) is 48.4. The smallest absolute Gasteiger partial charge is 0.408 e. The van der Waals surface area contributed by atoms with E-state index in [1.807, 2.05) is 109 Å². The van der Waals surface area contributed by atoms with Gasteiger partial charge >= 0.3 is 17.2 Å². The monoisotopic (exact) mass is 800 g/mol. The summed E-state index contributed by atoms with van der Waals surface area (Å²) >= 11 is 0. The SMILES string of the molecule is CC(C)c1ccccc1OP(Oc1ccccc1Cc1ccccc1OP(Oc1ccccc1C(C)C)Oc1ccccc1C(C)C)Oc1ccccc1C(C)C. The van der Waals surface area contributed by atoms with E-state index in [1.54, 1.807) is 0 Å². The predicted octanol–water partition coefficient (Wildman–Crippen LogP) is 15.3. The highest BCUT2D eigenvalue weighted by Crippen LogP contribution is 2.49. The third kappa shape index (κ3) is 11.1. The van der Waals surface area contributed by atoms with Gasteiger partial charge in [-0.2, -0.15) is 0 Å². The van der Waals surface area contributed by atoms with Gasteiger partial charge in [-0.25, -0.2) is 0 Å². The van der Waals surface area contributed by atoms with Gasteiger partial charge in [0, 0.05) is 6.42 Å². The fourth-order valence-electron chi connectivity index (χ4n) is 6.44. The Labute approximate surface area is 342 Å². The maximum Gasteiger partial charge on any atom is 0.530 e. The second-order valence-electron chi connectivity index (χ2n) is 15.2.